The first kappa shape index (κ1) is 13.7. The molecule has 0 radical (unpaired) electrons. The zero-order valence-electron chi connectivity index (χ0n) is 10.0. The average Bonchev–Trinajstić information content (AvgIpc) is 2.28. The van der Waals surface area contributed by atoms with Gasteiger partial charge in [-0.3, -0.25) is 0 Å². The fourth-order valence-electron chi connectivity index (χ4n) is 2.26. The lowest BCUT2D eigenvalue weighted by Crippen LogP contribution is -2.32. The lowest BCUT2D eigenvalue weighted by molar-refractivity contribution is -0.137. The van der Waals surface area contributed by atoms with Gasteiger partial charge in [0.25, 0.3) is 0 Å². The third-order valence-electron chi connectivity index (χ3n) is 3.31. The normalized spacial score (nSPS) is 25.2. The van der Waals surface area contributed by atoms with Gasteiger partial charge in [-0.05, 0) is 49.1 Å². The van der Waals surface area contributed by atoms with Crippen molar-refractivity contribution in [2.75, 3.05) is 6.54 Å². The largest absolute Gasteiger partial charge is 0.416 e. The van der Waals surface area contributed by atoms with E-state index >= 15 is 0 Å². The summed E-state index contributed by atoms with van der Waals surface area (Å²) in [6.07, 6.45) is -2.48. The Balaban J connectivity index is 2.25. The molecule has 0 unspecified atom stereocenters. The van der Waals surface area contributed by atoms with Gasteiger partial charge in [0.2, 0.25) is 0 Å². The van der Waals surface area contributed by atoms with Gasteiger partial charge in [0.1, 0.15) is 0 Å². The molecule has 18 heavy (non-hydrogen) atoms. The Hall–Kier alpha value is -0.740. The maximum absolute atomic E-state index is 12.7. The standard InChI is InChI=1S/C13H15ClF3N/c1-8-2-3-12(18-7-8)9-4-10(13(15,16)17)6-11(14)5-9/h4-6,8,12,18H,2-3,7H2,1H3/t8-,12+/m0/s1. The highest BCUT2D eigenvalue weighted by molar-refractivity contribution is 6.30. The summed E-state index contributed by atoms with van der Waals surface area (Å²) in [6.45, 7) is 2.96. The first-order valence-electron chi connectivity index (χ1n) is 5.97. The van der Waals surface area contributed by atoms with Crippen molar-refractivity contribution in [1.29, 1.82) is 0 Å². The van der Waals surface area contributed by atoms with Crippen LogP contribution < -0.4 is 5.32 Å². The van der Waals surface area contributed by atoms with E-state index < -0.39 is 11.7 Å². The summed E-state index contributed by atoms with van der Waals surface area (Å²) in [5.41, 5.74) is -0.0489. The molecule has 1 aromatic carbocycles. The second-order valence-corrected chi connectivity index (χ2v) is 5.35. The maximum atomic E-state index is 12.7. The van der Waals surface area contributed by atoms with E-state index in [1.165, 1.54) is 6.07 Å². The van der Waals surface area contributed by atoms with E-state index in [0.29, 0.717) is 11.5 Å². The van der Waals surface area contributed by atoms with Crippen LogP contribution in [0.1, 0.15) is 36.9 Å². The number of nitrogens with one attached hydrogen (secondary N) is 1. The molecule has 0 amide bonds. The summed E-state index contributed by atoms with van der Waals surface area (Å²) in [4.78, 5) is 0. The van der Waals surface area contributed by atoms with Crippen LogP contribution in [0.3, 0.4) is 0 Å². The van der Waals surface area contributed by atoms with Crippen LogP contribution in [-0.2, 0) is 6.18 Å². The molecule has 5 heteroatoms. The van der Waals surface area contributed by atoms with E-state index in [-0.39, 0.29) is 11.1 Å². The van der Waals surface area contributed by atoms with E-state index in [0.717, 1.165) is 25.5 Å². The fourth-order valence-corrected chi connectivity index (χ4v) is 2.50. The van der Waals surface area contributed by atoms with Crippen LogP contribution in [-0.4, -0.2) is 6.54 Å². The smallest absolute Gasteiger partial charge is 0.310 e. The zero-order valence-corrected chi connectivity index (χ0v) is 10.8. The van der Waals surface area contributed by atoms with Crippen LogP contribution in [0.4, 0.5) is 13.2 Å². The van der Waals surface area contributed by atoms with Crippen molar-refractivity contribution in [1.82, 2.24) is 5.32 Å². The van der Waals surface area contributed by atoms with Crippen molar-refractivity contribution in [3.05, 3.63) is 34.3 Å². The molecule has 1 aromatic rings. The second kappa shape index (κ2) is 5.10. The van der Waals surface area contributed by atoms with Gasteiger partial charge in [0, 0.05) is 11.1 Å². The molecule has 1 saturated heterocycles. The molecule has 0 aromatic heterocycles. The zero-order chi connectivity index (χ0) is 13.3. The third kappa shape index (κ3) is 3.18. The molecule has 1 fully saturated rings. The highest BCUT2D eigenvalue weighted by Gasteiger charge is 2.32. The fraction of sp³-hybridized carbons (Fsp3) is 0.538. The summed E-state index contributed by atoms with van der Waals surface area (Å²) >= 11 is 5.78. The van der Waals surface area contributed by atoms with Crippen LogP contribution >= 0.6 is 11.6 Å². The Bertz CT molecular complexity index is 423. The Morgan fingerprint density at radius 3 is 2.50 bits per heavy atom. The van der Waals surface area contributed by atoms with Crippen molar-refractivity contribution in [3.63, 3.8) is 0 Å². The van der Waals surface area contributed by atoms with Crippen LogP contribution in [0.2, 0.25) is 5.02 Å². The van der Waals surface area contributed by atoms with E-state index in [1.807, 2.05) is 0 Å². The molecule has 1 N–H and O–H groups in total. The van der Waals surface area contributed by atoms with Crippen LogP contribution in [0.5, 0.6) is 0 Å². The number of hydrogen-bond acceptors (Lipinski definition) is 1. The van der Waals surface area contributed by atoms with Gasteiger partial charge in [-0.25, -0.2) is 0 Å². The number of benzene rings is 1. The van der Waals surface area contributed by atoms with Gasteiger partial charge in [-0.15, -0.1) is 0 Å². The second-order valence-electron chi connectivity index (χ2n) is 4.91. The highest BCUT2D eigenvalue weighted by atomic mass is 35.5. The number of alkyl halides is 3. The summed E-state index contributed by atoms with van der Waals surface area (Å²) in [5, 5.41) is 3.40. The molecular weight excluding hydrogens is 263 g/mol. The van der Waals surface area contributed by atoms with Gasteiger partial charge in [0.15, 0.2) is 0 Å². The maximum Gasteiger partial charge on any atom is 0.416 e. The number of piperidine rings is 1. The molecule has 0 bridgehead atoms. The first-order chi connectivity index (χ1) is 8.36. The van der Waals surface area contributed by atoms with Crippen LogP contribution in [0.25, 0.3) is 0 Å². The Labute approximate surface area is 109 Å². The summed E-state index contributed by atoms with van der Waals surface area (Å²) < 4.78 is 38.1. The molecule has 2 atom stereocenters. The minimum Gasteiger partial charge on any atom is -0.310 e. The molecule has 0 saturated carbocycles. The monoisotopic (exact) mass is 277 g/mol. The summed E-state index contributed by atoms with van der Waals surface area (Å²) in [6, 6.07) is 3.75. The predicted molar refractivity (Wildman–Crippen MR) is 65.6 cm³/mol. The van der Waals surface area contributed by atoms with Crippen LogP contribution in [0.15, 0.2) is 18.2 Å². The summed E-state index contributed by atoms with van der Waals surface area (Å²) in [5.74, 6) is 0.572. The summed E-state index contributed by atoms with van der Waals surface area (Å²) in [7, 11) is 0. The topological polar surface area (TPSA) is 12.0 Å². The lowest BCUT2D eigenvalue weighted by Gasteiger charge is -2.28. The molecule has 1 aliphatic heterocycles. The number of halogens is 4. The van der Waals surface area contributed by atoms with Gasteiger partial charge in [-0.1, -0.05) is 18.5 Å². The molecular formula is C13H15ClF3N. The van der Waals surface area contributed by atoms with Gasteiger partial charge in [0.05, 0.1) is 5.56 Å². The predicted octanol–water partition coefficient (Wildman–Crippen LogP) is 4.42. The van der Waals surface area contributed by atoms with Crippen LogP contribution in [0, 0.1) is 5.92 Å². The quantitative estimate of drug-likeness (QED) is 0.801. The number of rotatable bonds is 1. The van der Waals surface area contributed by atoms with Gasteiger partial charge >= 0.3 is 6.18 Å². The molecule has 0 aliphatic carbocycles. The molecule has 2 rings (SSSR count). The van der Waals surface area contributed by atoms with E-state index in [9.17, 15) is 13.2 Å². The Kier molecular flexibility index (Phi) is 3.87. The molecule has 1 aliphatic rings. The highest BCUT2D eigenvalue weighted by Crippen LogP contribution is 2.35. The first-order valence-corrected chi connectivity index (χ1v) is 6.35. The van der Waals surface area contributed by atoms with Gasteiger partial charge in [-0.2, -0.15) is 13.2 Å². The Morgan fingerprint density at radius 2 is 1.94 bits per heavy atom. The Morgan fingerprint density at radius 1 is 1.22 bits per heavy atom. The van der Waals surface area contributed by atoms with Crippen molar-refractivity contribution in [2.24, 2.45) is 5.92 Å². The molecule has 0 spiro atoms. The minimum absolute atomic E-state index is 0.0269. The van der Waals surface area contributed by atoms with E-state index in [2.05, 4.69) is 12.2 Å². The molecule has 1 nitrogen and oxygen atoms in total. The minimum atomic E-state index is -4.35. The average molecular weight is 278 g/mol. The molecule has 1 heterocycles. The van der Waals surface area contributed by atoms with E-state index in [4.69, 9.17) is 11.6 Å². The third-order valence-corrected chi connectivity index (χ3v) is 3.53. The SMILES string of the molecule is C[C@H]1CC[C@H](c2cc(Cl)cc(C(F)(F)F)c2)NC1. The molecule has 100 valence electrons. The van der Waals surface area contributed by atoms with Gasteiger partial charge < -0.3 is 5.32 Å². The van der Waals surface area contributed by atoms with E-state index in [1.54, 1.807) is 6.07 Å². The van der Waals surface area contributed by atoms with Crippen molar-refractivity contribution in [3.8, 4) is 0 Å². The lowest BCUT2D eigenvalue weighted by atomic mass is 9.91. The van der Waals surface area contributed by atoms with Crippen molar-refractivity contribution in [2.45, 2.75) is 32.0 Å². The van der Waals surface area contributed by atoms with Crippen molar-refractivity contribution >= 4 is 11.6 Å². The number of hydrogen-bond donors (Lipinski definition) is 1. The van der Waals surface area contributed by atoms with Crippen molar-refractivity contribution < 1.29 is 13.2 Å².